The lowest BCUT2D eigenvalue weighted by molar-refractivity contribution is -0.275. The molecule has 3 rings (SSSR count). The summed E-state index contributed by atoms with van der Waals surface area (Å²) in [6.07, 6.45) is -9.85. The highest BCUT2D eigenvalue weighted by Crippen LogP contribution is 2.43. The standard InChI is InChI=1S/C21H15F6NO2/c1-12-10-15(13-6-2-4-8-17(13)29-20(22,23)24)19(28)16(11-12)14-7-3-5-9-18(14)30-21(25,26)27/h2-11H,28H2,1H3. The Balaban J connectivity index is 2.19. The third-order valence-corrected chi connectivity index (χ3v) is 4.13. The van der Waals surface area contributed by atoms with Crippen LogP contribution >= 0.6 is 0 Å². The molecule has 0 unspecified atom stereocenters. The molecule has 0 aliphatic rings. The first-order valence-electron chi connectivity index (χ1n) is 8.55. The molecular weight excluding hydrogens is 412 g/mol. The fraction of sp³-hybridized carbons (Fsp3) is 0.143. The number of nitrogen functional groups attached to an aromatic ring is 1. The van der Waals surface area contributed by atoms with Crippen LogP contribution in [0.4, 0.5) is 32.0 Å². The molecule has 0 fully saturated rings. The zero-order valence-electron chi connectivity index (χ0n) is 15.4. The van der Waals surface area contributed by atoms with E-state index in [9.17, 15) is 26.3 Å². The number of halogens is 6. The Morgan fingerprint density at radius 3 is 1.37 bits per heavy atom. The van der Waals surface area contributed by atoms with Gasteiger partial charge in [0.05, 0.1) is 0 Å². The molecule has 2 N–H and O–H groups in total. The van der Waals surface area contributed by atoms with E-state index in [4.69, 9.17) is 5.73 Å². The van der Waals surface area contributed by atoms with E-state index in [1.54, 1.807) is 6.92 Å². The van der Waals surface area contributed by atoms with Crippen LogP contribution in [0.15, 0.2) is 60.7 Å². The zero-order chi connectivity index (χ0) is 22.1. The average molecular weight is 427 g/mol. The van der Waals surface area contributed by atoms with Crippen molar-refractivity contribution in [3.63, 3.8) is 0 Å². The minimum atomic E-state index is -4.93. The Kier molecular flexibility index (Phi) is 5.56. The molecule has 0 atom stereocenters. The van der Waals surface area contributed by atoms with Crippen LogP contribution in [0, 0.1) is 6.92 Å². The minimum Gasteiger partial charge on any atom is -0.405 e. The van der Waals surface area contributed by atoms with Crippen LogP contribution in [0.1, 0.15) is 5.56 Å². The Bertz CT molecular complexity index is 979. The Hall–Kier alpha value is -3.36. The van der Waals surface area contributed by atoms with Crippen LogP contribution in [0.5, 0.6) is 11.5 Å². The lowest BCUT2D eigenvalue weighted by Crippen LogP contribution is -2.18. The number of para-hydroxylation sites is 2. The summed E-state index contributed by atoms with van der Waals surface area (Å²) in [5.74, 6) is -0.957. The van der Waals surface area contributed by atoms with Gasteiger partial charge in [-0.3, -0.25) is 0 Å². The molecule has 0 heterocycles. The normalized spacial score (nSPS) is 12.0. The van der Waals surface area contributed by atoms with Gasteiger partial charge in [0.15, 0.2) is 0 Å². The maximum absolute atomic E-state index is 12.8. The van der Waals surface area contributed by atoms with E-state index >= 15 is 0 Å². The first kappa shape index (κ1) is 21.4. The van der Waals surface area contributed by atoms with Crippen molar-refractivity contribution in [2.45, 2.75) is 19.6 Å². The molecule has 3 aromatic carbocycles. The summed E-state index contributed by atoms with van der Waals surface area (Å²) in [5.41, 5.74) is 7.23. The van der Waals surface area contributed by atoms with E-state index < -0.39 is 24.2 Å². The SMILES string of the molecule is Cc1cc(-c2ccccc2OC(F)(F)F)c(N)c(-c2ccccc2OC(F)(F)F)c1. The second-order valence-electron chi connectivity index (χ2n) is 6.36. The number of ether oxygens (including phenoxy) is 2. The number of aryl methyl sites for hydroxylation is 1. The number of hydrogen-bond acceptors (Lipinski definition) is 3. The highest BCUT2D eigenvalue weighted by molar-refractivity contribution is 5.92. The third-order valence-electron chi connectivity index (χ3n) is 4.13. The van der Waals surface area contributed by atoms with Gasteiger partial charge in [0.25, 0.3) is 0 Å². The molecule has 0 amide bonds. The Morgan fingerprint density at radius 2 is 1.00 bits per heavy atom. The average Bonchev–Trinajstić information content (AvgIpc) is 2.62. The van der Waals surface area contributed by atoms with Crippen LogP contribution in [0.2, 0.25) is 0 Å². The summed E-state index contributed by atoms with van der Waals surface area (Å²) in [4.78, 5) is 0. The summed E-state index contributed by atoms with van der Waals surface area (Å²) >= 11 is 0. The van der Waals surface area contributed by atoms with Gasteiger partial charge in [-0.1, -0.05) is 36.4 Å². The highest BCUT2D eigenvalue weighted by atomic mass is 19.4. The third kappa shape index (κ3) is 4.97. The number of anilines is 1. The van der Waals surface area contributed by atoms with Crippen LogP contribution in [0.3, 0.4) is 0 Å². The maximum Gasteiger partial charge on any atom is 0.573 e. The maximum atomic E-state index is 12.8. The van der Waals surface area contributed by atoms with Gasteiger partial charge in [0, 0.05) is 27.9 Å². The fourth-order valence-corrected chi connectivity index (χ4v) is 3.05. The zero-order valence-corrected chi connectivity index (χ0v) is 15.4. The summed E-state index contributed by atoms with van der Waals surface area (Å²) in [5, 5.41) is 0. The lowest BCUT2D eigenvalue weighted by Gasteiger charge is -2.19. The first-order chi connectivity index (χ1) is 13.9. The van der Waals surface area contributed by atoms with Crippen molar-refractivity contribution in [2.24, 2.45) is 0 Å². The second-order valence-corrected chi connectivity index (χ2v) is 6.36. The second kappa shape index (κ2) is 7.81. The fourth-order valence-electron chi connectivity index (χ4n) is 3.05. The van der Waals surface area contributed by atoms with Crippen molar-refractivity contribution in [1.29, 1.82) is 0 Å². The van der Waals surface area contributed by atoms with Gasteiger partial charge in [-0.15, -0.1) is 26.3 Å². The van der Waals surface area contributed by atoms with Gasteiger partial charge >= 0.3 is 12.7 Å². The predicted molar refractivity (Wildman–Crippen MR) is 99.8 cm³/mol. The molecule has 158 valence electrons. The van der Waals surface area contributed by atoms with Gasteiger partial charge in [0.2, 0.25) is 0 Å². The van der Waals surface area contributed by atoms with Crippen LogP contribution in [-0.2, 0) is 0 Å². The summed E-state index contributed by atoms with van der Waals surface area (Å²) in [6, 6.07) is 13.8. The van der Waals surface area contributed by atoms with Crippen molar-refractivity contribution < 1.29 is 35.8 Å². The van der Waals surface area contributed by atoms with Gasteiger partial charge in [-0.05, 0) is 36.8 Å². The van der Waals surface area contributed by atoms with Crippen LogP contribution in [0.25, 0.3) is 22.3 Å². The molecule has 0 bridgehead atoms. The molecular formula is C21H15F6NO2. The van der Waals surface area contributed by atoms with E-state index in [1.165, 1.54) is 48.5 Å². The molecule has 0 aliphatic heterocycles. The van der Waals surface area contributed by atoms with Crippen molar-refractivity contribution >= 4 is 5.69 Å². The molecule has 0 saturated heterocycles. The van der Waals surface area contributed by atoms with Gasteiger partial charge in [-0.25, -0.2) is 0 Å². The van der Waals surface area contributed by atoms with Crippen molar-refractivity contribution in [1.82, 2.24) is 0 Å². The number of rotatable bonds is 4. The molecule has 3 nitrogen and oxygen atoms in total. The van der Waals surface area contributed by atoms with E-state index in [2.05, 4.69) is 9.47 Å². The molecule has 9 heteroatoms. The number of benzene rings is 3. The number of hydrogen-bond donors (Lipinski definition) is 1. The van der Waals surface area contributed by atoms with Crippen molar-refractivity contribution in [3.05, 3.63) is 66.2 Å². The van der Waals surface area contributed by atoms with Crippen LogP contribution < -0.4 is 15.2 Å². The topological polar surface area (TPSA) is 44.5 Å². The highest BCUT2D eigenvalue weighted by Gasteiger charge is 2.33. The summed E-state index contributed by atoms with van der Waals surface area (Å²) in [6.45, 7) is 1.65. The van der Waals surface area contributed by atoms with Gasteiger partial charge < -0.3 is 15.2 Å². The van der Waals surface area contributed by atoms with E-state index in [0.717, 1.165) is 12.1 Å². The first-order valence-corrected chi connectivity index (χ1v) is 8.55. The van der Waals surface area contributed by atoms with E-state index in [0.29, 0.717) is 5.56 Å². The largest absolute Gasteiger partial charge is 0.573 e. The molecule has 0 spiro atoms. The quantitative estimate of drug-likeness (QED) is 0.372. The molecule has 0 saturated carbocycles. The Labute approximate surface area is 167 Å². The summed E-state index contributed by atoms with van der Waals surface area (Å²) in [7, 11) is 0. The molecule has 0 aromatic heterocycles. The van der Waals surface area contributed by atoms with E-state index in [-0.39, 0.29) is 27.9 Å². The van der Waals surface area contributed by atoms with E-state index in [1.807, 2.05) is 0 Å². The lowest BCUT2D eigenvalue weighted by atomic mass is 9.93. The smallest absolute Gasteiger partial charge is 0.405 e. The minimum absolute atomic E-state index is 0.0166. The van der Waals surface area contributed by atoms with Crippen LogP contribution in [-0.4, -0.2) is 12.7 Å². The molecule has 3 aromatic rings. The Morgan fingerprint density at radius 1 is 0.633 bits per heavy atom. The molecule has 0 radical (unpaired) electrons. The molecule has 0 aliphatic carbocycles. The number of nitrogens with two attached hydrogens (primary N) is 1. The predicted octanol–water partition coefficient (Wildman–Crippen LogP) is 6.71. The van der Waals surface area contributed by atoms with Gasteiger partial charge in [-0.2, -0.15) is 0 Å². The molecule has 30 heavy (non-hydrogen) atoms. The van der Waals surface area contributed by atoms with Crippen molar-refractivity contribution in [2.75, 3.05) is 5.73 Å². The summed E-state index contributed by atoms with van der Waals surface area (Å²) < 4.78 is 84.9. The van der Waals surface area contributed by atoms with Crippen molar-refractivity contribution in [3.8, 4) is 33.8 Å². The van der Waals surface area contributed by atoms with Gasteiger partial charge in [0.1, 0.15) is 11.5 Å². The monoisotopic (exact) mass is 427 g/mol. The number of alkyl halides is 6.